The van der Waals surface area contributed by atoms with Crippen molar-refractivity contribution < 1.29 is 17.9 Å². The quantitative estimate of drug-likeness (QED) is 0.398. The molecule has 0 aliphatic carbocycles. The first kappa shape index (κ1) is 27.1. The summed E-state index contributed by atoms with van der Waals surface area (Å²) in [4.78, 5) is 17.3. The number of anilines is 2. The maximum atomic E-state index is 13.9. The van der Waals surface area contributed by atoms with E-state index in [0.29, 0.717) is 41.9 Å². The molecule has 3 aromatic carbocycles. The van der Waals surface area contributed by atoms with E-state index in [0.717, 1.165) is 21.1 Å². The van der Waals surface area contributed by atoms with E-state index in [9.17, 15) is 13.2 Å². The summed E-state index contributed by atoms with van der Waals surface area (Å²) in [7, 11) is -2.72. The molecule has 0 bridgehead atoms. The van der Waals surface area contributed by atoms with Crippen LogP contribution in [0.25, 0.3) is 0 Å². The number of methoxy groups -OCH3 is 1. The van der Waals surface area contributed by atoms with E-state index in [1.165, 1.54) is 7.11 Å². The number of carbonyl (C=O) groups is 1. The number of carbonyl (C=O) groups excluding carboxylic acids is 1. The first-order chi connectivity index (χ1) is 17.6. The molecule has 0 radical (unpaired) electrons. The number of nitrogens with zero attached hydrogens (tertiary/aromatic N) is 3. The topological polar surface area (TPSA) is 70.2 Å². The Morgan fingerprint density at radius 2 is 1.57 bits per heavy atom. The number of aryl methyl sites for hydroxylation is 2. The Morgan fingerprint density at radius 1 is 0.919 bits per heavy atom. The molecule has 1 saturated heterocycles. The molecule has 1 fully saturated rings. The molecule has 1 aliphatic rings. The standard InChI is InChI=1S/C27H29Cl2N3O4S/c1-19-4-11-25(36-3)26(16-19)37(34,35)32(23-9-7-21(28)8-10-23)18-27(33)31-14-12-30(13-15-31)24-17-22(29)6-5-20(24)2/h4-11,16-17H,12-15,18H2,1-3H3. The first-order valence-corrected chi connectivity index (χ1v) is 14.0. The minimum Gasteiger partial charge on any atom is -0.495 e. The minimum atomic E-state index is -4.14. The lowest BCUT2D eigenvalue weighted by Gasteiger charge is -2.37. The van der Waals surface area contributed by atoms with Crippen molar-refractivity contribution in [1.82, 2.24) is 4.90 Å². The lowest BCUT2D eigenvalue weighted by molar-refractivity contribution is -0.129. The highest BCUT2D eigenvalue weighted by molar-refractivity contribution is 7.93. The summed E-state index contributed by atoms with van der Waals surface area (Å²) < 4.78 is 34.3. The predicted octanol–water partition coefficient (Wildman–Crippen LogP) is 5.16. The van der Waals surface area contributed by atoms with Crippen molar-refractivity contribution in [2.24, 2.45) is 0 Å². The van der Waals surface area contributed by atoms with Crippen LogP contribution in [0.3, 0.4) is 0 Å². The van der Waals surface area contributed by atoms with Gasteiger partial charge in [0.15, 0.2) is 0 Å². The Hall–Kier alpha value is -2.94. The van der Waals surface area contributed by atoms with Crippen molar-refractivity contribution in [1.29, 1.82) is 0 Å². The van der Waals surface area contributed by atoms with Gasteiger partial charge in [0, 0.05) is 41.9 Å². The van der Waals surface area contributed by atoms with Gasteiger partial charge in [-0.3, -0.25) is 9.10 Å². The molecule has 0 unspecified atom stereocenters. The van der Waals surface area contributed by atoms with Gasteiger partial charge in [-0.05, 0) is 73.5 Å². The molecular weight excluding hydrogens is 533 g/mol. The van der Waals surface area contributed by atoms with Crippen LogP contribution in [0.2, 0.25) is 10.0 Å². The van der Waals surface area contributed by atoms with Gasteiger partial charge in [-0.15, -0.1) is 0 Å². The van der Waals surface area contributed by atoms with Crippen LogP contribution in [-0.4, -0.2) is 59.1 Å². The molecule has 7 nitrogen and oxygen atoms in total. The minimum absolute atomic E-state index is 0.000925. The zero-order valence-corrected chi connectivity index (χ0v) is 23.3. The number of amides is 1. The zero-order valence-electron chi connectivity index (χ0n) is 20.9. The second-order valence-corrected chi connectivity index (χ2v) is 11.6. The summed E-state index contributed by atoms with van der Waals surface area (Å²) in [5, 5.41) is 1.13. The molecule has 3 aromatic rings. The normalized spacial score (nSPS) is 14.0. The Morgan fingerprint density at radius 3 is 2.22 bits per heavy atom. The van der Waals surface area contributed by atoms with Crippen molar-refractivity contribution in [3.05, 3.63) is 81.8 Å². The highest BCUT2D eigenvalue weighted by atomic mass is 35.5. The van der Waals surface area contributed by atoms with Crippen molar-refractivity contribution >= 4 is 50.5 Å². The van der Waals surface area contributed by atoms with Gasteiger partial charge in [0.1, 0.15) is 17.2 Å². The van der Waals surface area contributed by atoms with Crippen molar-refractivity contribution in [2.75, 3.05) is 49.0 Å². The fourth-order valence-electron chi connectivity index (χ4n) is 4.37. The molecule has 1 amide bonds. The molecule has 1 heterocycles. The van der Waals surface area contributed by atoms with Crippen LogP contribution < -0.4 is 13.9 Å². The van der Waals surface area contributed by atoms with Crippen molar-refractivity contribution in [3.8, 4) is 5.75 Å². The lowest BCUT2D eigenvalue weighted by atomic mass is 10.1. The average molecular weight is 563 g/mol. The molecule has 0 aromatic heterocycles. The molecule has 0 atom stereocenters. The molecule has 196 valence electrons. The number of piperazine rings is 1. The maximum Gasteiger partial charge on any atom is 0.268 e. The van der Waals surface area contributed by atoms with E-state index in [1.807, 2.05) is 25.1 Å². The van der Waals surface area contributed by atoms with E-state index < -0.39 is 10.0 Å². The molecule has 1 aliphatic heterocycles. The fraction of sp³-hybridized carbons (Fsp3) is 0.296. The Kier molecular flexibility index (Phi) is 8.21. The lowest BCUT2D eigenvalue weighted by Crippen LogP contribution is -2.52. The fourth-order valence-corrected chi connectivity index (χ4v) is 6.32. The van der Waals surface area contributed by atoms with Gasteiger partial charge in [-0.25, -0.2) is 8.42 Å². The predicted molar refractivity (Wildman–Crippen MR) is 149 cm³/mol. The first-order valence-electron chi connectivity index (χ1n) is 11.8. The van der Waals surface area contributed by atoms with Gasteiger partial charge >= 0.3 is 0 Å². The highest BCUT2D eigenvalue weighted by Crippen LogP contribution is 2.32. The monoisotopic (exact) mass is 561 g/mol. The summed E-state index contributed by atoms with van der Waals surface area (Å²) in [5.74, 6) is -0.0740. The number of hydrogen-bond acceptors (Lipinski definition) is 5. The maximum absolute atomic E-state index is 13.9. The Balaban J connectivity index is 1.58. The molecule has 0 N–H and O–H groups in total. The van der Waals surface area contributed by atoms with Crippen molar-refractivity contribution in [3.63, 3.8) is 0 Å². The third kappa shape index (κ3) is 5.98. The highest BCUT2D eigenvalue weighted by Gasteiger charge is 2.32. The number of rotatable bonds is 7. The second-order valence-electron chi connectivity index (χ2n) is 8.94. The molecular formula is C27H29Cl2N3O4S. The summed E-state index contributed by atoms with van der Waals surface area (Å²) >= 11 is 12.2. The molecule has 0 saturated carbocycles. The number of hydrogen-bond donors (Lipinski definition) is 0. The number of benzene rings is 3. The summed E-state index contributed by atoms with van der Waals surface area (Å²) in [5.41, 5.74) is 3.25. The second kappa shape index (κ2) is 11.2. The van der Waals surface area contributed by atoms with E-state index in [2.05, 4.69) is 4.90 Å². The van der Waals surface area contributed by atoms with Crippen LogP contribution >= 0.6 is 23.2 Å². The molecule has 4 rings (SSSR count). The largest absolute Gasteiger partial charge is 0.495 e. The van der Waals surface area contributed by atoms with Crippen LogP contribution in [0.4, 0.5) is 11.4 Å². The number of sulfonamides is 1. The van der Waals surface area contributed by atoms with E-state index in [-0.39, 0.29) is 23.1 Å². The van der Waals surface area contributed by atoms with Crippen LogP contribution in [0.15, 0.2) is 65.6 Å². The number of ether oxygens (including phenoxy) is 1. The Labute approximate surface area is 228 Å². The van der Waals surface area contributed by atoms with Crippen LogP contribution in [-0.2, 0) is 14.8 Å². The molecule has 0 spiro atoms. The summed E-state index contributed by atoms with van der Waals surface area (Å²) in [6, 6.07) is 17.1. The molecule has 10 heteroatoms. The van der Waals surface area contributed by atoms with Gasteiger partial charge < -0.3 is 14.5 Å². The van der Waals surface area contributed by atoms with Gasteiger partial charge in [-0.2, -0.15) is 0 Å². The van der Waals surface area contributed by atoms with E-state index in [4.69, 9.17) is 27.9 Å². The summed E-state index contributed by atoms with van der Waals surface area (Å²) in [6.07, 6.45) is 0. The van der Waals surface area contributed by atoms with Crippen LogP contribution in [0, 0.1) is 13.8 Å². The van der Waals surface area contributed by atoms with Gasteiger partial charge in [0.05, 0.1) is 12.8 Å². The van der Waals surface area contributed by atoms with Gasteiger partial charge in [0.25, 0.3) is 10.0 Å². The summed E-state index contributed by atoms with van der Waals surface area (Å²) in [6.45, 7) is 5.64. The van der Waals surface area contributed by atoms with Crippen LogP contribution in [0.5, 0.6) is 5.75 Å². The third-order valence-corrected chi connectivity index (χ3v) is 8.71. The number of halogens is 2. The van der Waals surface area contributed by atoms with Crippen LogP contribution in [0.1, 0.15) is 11.1 Å². The third-order valence-electron chi connectivity index (χ3n) is 6.42. The molecule has 37 heavy (non-hydrogen) atoms. The SMILES string of the molecule is COc1ccc(C)cc1S(=O)(=O)N(CC(=O)N1CCN(c2cc(Cl)ccc2C)CC1)c1ccc(Cl)cc1. The van der Waals surface area contributed by atoms with E-state index in [1.54, 1.807) is 54.3 Å². The van der Waals surface area contributed by atoms with Gasteiger partial charge in [0.2, 0.25) is 5.91 Å². The van der Waals surface area contributed by atoms with Gasteiger partial charge in [-0.1, -0.05) is 35.3 Å². The zero-order chi connectivity index (χ0) is 26.7. The average Bonchev–Trinajstić information content (AvgIpc) is 2.89. The smallest absolute Gasteiger partial charge is 0.268 e. The Bertz CT molecular complexity index is 1390. The van der Waals surface area contributed by atoms with E-state index >= 15 is 0 Å². The van der Waals surface area contributed by atoms with Crippen molar-refractivity contribution in [2.45, 2.75) is 18.7 Å².